The van der Waals surface area contributed by atoms with E-state index in [0.29, 0.717) is 11.3 Å². The molecule has 0 amide bonds. The minimum atomic E-state index is -4.39. The summed E-state index contributed by atoms with van der Waals surface area (Å²) in [6.07, 6.45) is 0. The van der Waals surface area contributed by atoms with E-state index < -0.39 is 10.1 Å². The monoisotopic (exact) mass is 193 g/mol. The van der Waals surface area contributed by atoms with Crippen molar-refractivity contribution in [2.24, 2.45) is 0 Å². The maximum absolute atomic E-state index is 10.6. The van der Waals surface area contributed by atoms with Crippen molar-refractivity contribution in [3.05, 3.63) is 23.8 Å². The van der Waals surface area contributed by atoms with Crippen molar-refractivity contribution in [2.75, 3.05) is 5.73 Å². The maximum Gasteiger partial charge on any atom is 1.00 e. The van der Waals surface area contributed by atoms with Gasteiger partial charge in [-0.1, -0.05) is 6.07 Å². The van der Waals surface area contributed by atoms with Gasteiger partial charge in [0.1, 0.15) is 10.1 Å². The molecule has 1 aromatic rings. The summed E-state index contributed by atoms with van der Waals surface area (Å²) in [7, 11) is -4.39. The van der Waals surface area contributed by atoms with Crippen LogP contribution >= 0.6 is 0 Å². The molecular weight excluding hydrogens is 185 g/mol. The molecule has 0 spiro atoms. The first kappa shape index (κ1) is 12.5. The maximum atomic E-state index is 10.6. The summed E-state index contributed by atoms with van der Waals surface area (Å²) in [5.74, 6) is 0. The number of benzene rings is 1. The van der Waals surface area contributed by atoms with Crippen LogP contribution in [-0.2, 0) is 10.1 Å². The number of hydrogen-bond acceptors (Lipinski definition) is 4. The topological polar surface area (TPSA) is 83.2 Å². The third-order valence-corrected chi connectivity index (χ3v) is 2.58. The molecule has 0 radical (unpaired) electrons. The Bertz CT molecular complexity index is 402. The summed E-state index contributed by atoms with van der Waals surface area (Å²) < 4.78 is 31.8. The van der Waals surface area contributed by atoms with Crippen molar-refractivity contribution in [3.8, 4) is 0 Å². The molecule has 0 atom stereocenters. The van der Waals surface area contributed by atoms with E-state index in [-0.39, 0.29) is 23.8 Å². The molecule has 66 valence electrons. The van der Waals surface area contributed by atoms with E-state index in [1.807, 2.05) is 0 Å². The summed E-state index contributed by atoms with van der Waals surface area (Å²) in [5, 5.41) is 0. The van der Waals surface area contributed by atoms with Crippen molar-refractivity contribution >= 4 is 15.8 Å². The van der Waals surface area contributed by atoms with Crippen molar-refractivity contribution in [1.29, 1.82) is 0 Å². The molecule has 0 aromatic heterocycles. The Morgan fingerprint density at radius 3 is 2.31 bits per heavy atom. The van der Waals surface area contributed by atoms with E-state index in [1.54, 1.807) is 6.07 Å². The van der Waals surface area contributed by atoms with Gasteiger partial charge in [-0.15, -0.1) is 0 Å². The van der Waals surface area contributed by atoms with Gasteiger partial charge in [-0.3, -0.25) is 0 Å². The standard InChI is InChI=1S/C7H9NO3S.Li/c1-5-6(8)3-2-4-7(5)12(9,10)11;/h2-4H,8H2,1H3,(H,9,10,11);/q;+1/p-1. The molecule has 0 bridgehead atoms. The predicted octanol–water partition coefficient (Wildman–Crippen LogP) is -2.51. The summed E-state index contributed by atoms with van der Waals surface area (Å²) in [5.41, 5.74) is 6.04. The summed E-state index contributed by atoms with van der Waals surface area (Å²) in [6.45, 7) is 1.50. The fourth-order valence-electron chi connectivity index (χ4n) is 0.902. The molecule has 13 heavy (non-hydrogen) atoms. The number of hydrogen-bond donors (Lipinski definition) is 1. The number of rotatable bonds is 1. The molecule has 0 heterocycles. The third kappa shape index (κ3) is 2.74. The Labute approximate surface area is 89.1 Å². The average Bonchev–Trinajstić information content (AvgIpc) is 1.92. The fraction of sp³-hybridized carbons (Fsp3) is 0.143. The number of anilines is 1. The van der Waals surface area contributed by atoms with Gasteiger partial charge in [0.05, 0.1) is 4.90 Å². The van der Waals surface area contributed by atoms with Crippen LogP contribution in [0.2, 0.25) is 0 Å². The van der Waals surface area contributed by atoms with Gasteiger partial charge in [0.25, 0.3) is 0 Å². The molecule has 0 aliphatic rings. The van der Waals surface area contributed by atoms with Gasteiger partial charge >= 0.3 is 18.9 Å². The average molecular weight is 193 g/mol. The van der Waals surface area contributed by atoms with Gasteiger partial charge in [-0.25, -0.2) is 8.42 Å². The van der Waals surface area contributed by atoms with E-state index in [0.717, 1.165) is 0 Å². The molecule has 0 saturated carbocycles. The quantitative estimate of drug-likeness (QED) is 0.303. The number of nitrogen functional groups attached to an aromatic ring is 1. The molecule has 0 aliphatic carbocycles. The molecule has 1 rings (SSSR count). The normalized spacial score (nSPS) is 10.6. The predicted molar refractivity (Wildman–Crippen MR) is 43.6 cm³/mol. The van der Waals surface area contributed by atoms with Gasteiger partial charge in [0, 0.05) is 5.69 Å². The fourth-order valence-corrected chi connectivity index (χ4v) is 1.64. The Hall–Kier alpha value is -0.473. The van der Waals surface area contributed by atoms with E-state index in [1.165, 1.54) is 19.1 Å². The molecule has 0 saturated heterocycles. The van der Waals surface area contributed by atoms with Crippen LogP contribution in [0, 0.1) is 6.92 Å². The Kier molecular flexibility index (Phi) is 4.01. The van der Waals surface area contributed by atoms with Crippen LogP contribution in [0.3, 0.4) is 0 Å². The summed E-state index contributed by atoms with van der Waals surface area (Å²) in [6, 6.07) is 4.23. The van der Waals surface area contributed by atoms with Crippen LogP contribution in [0.1, 0.15) is 5.56 Å². The molecule has 2 N–H and O–H groups in total. The Balaban J connectivity index is 0.00000144. The smallest absolute Gasteiger partial charge is 0.744 e. The van der Waals surface area contributed by atoms with E-state index in [9.17, 15) is 13.0 Å². The zero-order valence-corrected chi connectivity index (χ0v) is 8.26. The molecule has 0 fully saturated rings. The molecular formula is C7H8LiNO3S. The van der Waals surface area contributed by atoms with Gasteiger partial charge in [0.15, 0.2) is 0 Å². The second-order valence-corrected chi connectivity index (χ2v) is 3.77. The zero-order chi connectivity index (χ0) is 9.35. The van der Waals surface area contributed by atoms with Gasteiger partial charge in [0.2, 0.25) is 0 Å². The molecule has 0 unspecified atom stereocenters. The zero-order valence-electron chi connectivity index (χ0n) is 7.44. The van der Waals surface area contributed by atoms with Crippen molar-refractivity contribution in [1.82, 2.24) is 0 Å². The SMILES string of the molecule is Cc1c(N)cccc1S(=O)(=O)[O-].[Li+]. The van der Waals surface area contributed by atoms with Crippen molar-refractivity contribution in [3.63, 3.8) is 0 Å². The Morgan fingerprint density at radius 2 is 1.92 bits per heavy atom. The van der Waals surface area contributed by atoms with E-state index >= 15 is 0 Å². The van der Waals surface area contributed by atoms with Crippen LogP contribution in [0.4, 0.5) is 5.69 Å². The van der Waals surface area contributed by atoms with Gasteiger partial charge < -0.3 is 10.3 Å². The van der Waals surface area contributed by atoms with Gasteiger partial charge in [-0.2, -0.15) is 0 Å². The first-order valence-corrected chi connectivity index (χ1v) is 4.65. The van der Waals surface area contributed by atoms with Crippen molar-refractivity contribution < 1.29 is 31.8 Å². The molecule has 4 nitrogen and oxygen atoms in total. The van der Waals surface area contributed by atoms with E-state index in [4.69, 9.17) is 5.73 Å². The minimum Gasteiger partial charge on any atom is -0.744 e. The van der Waals surface area contributed by atoms with Crippen molar-refractivity contribution in [2.45, 2.75) is 11.8 Å². The second kappa shape index (κ2) is 4.16. The summed E-state index contributed by atoms with van der Waals surface area (Å²) >= 11 is 0. The summed E-state index contributed by atoms with van der Waals surface area (Å²) in [4.78, 5) is -0.248. The van der Waals surface area contributed by atoms with Crippen LogP contribution in [0.15, 0.2) is 23.1 Å². The number of nitrogens with two attached hydrogens (primary N) is 1. The largest absolute Gasteiger partial charge is 1.00 e. The van der Waals surface area contributed by atoms with Crippen LogP contribution in [0.25, 0.3) is 0 Å². The Morgan fingerprint density at radius 1 is 1.38 bits per heavy atom. The van der Waals surface area contributed by atoms with Crippen LogP contribution in [-0.4, -0.2) is 13.0 Å². The van der Waals surface area contributed by atoms with Crippen LogP contribution in [0.5, 0.6) is 0 Å². The molecule has 1 aromatic carbocycles. The van der Waals surface area contributed by atoms with Gasteiger partial charge in [-0.05, 0) is 24.6 Å². The first-order chi connectivity index (χ1) is 5.43. The molecule has 6 heteroatoms. The van der Waals surface area contributed by atoms with Crippen LogP contribution < -0.4 is 24.6 Å². The molecule has 0 aliphatic heterocycles. The first-order valence-electron chi connectivity index (χ1n) is 3.24. The minimum absolute atomic E-state index is 0. The third-order valence-electron chi connectivity index (χ3n) is 1.60. The van der Waals surface area contributed by atoms with E-state index in [2.05, 4.69) is 0 Å². The second-order valence-electron chi connectivity index (χ2n) is 2.42.